The average molecular weight is 610 g/mol. The van der Waals surface area contributed by atoms with Crippen molar-refractivity contribution in [3.8, 4) is 0 Å². The summed E-state index contributed by atoms with van der Waals surface area (Å²) in [6, 6.07) is -0.722. The van der Waals surface area contributed by atoms with Crippen LogP contribution in [0.15, 0.2) is 24.3 Å². The van der Waals surface area contributed by atoms with Gasteiger partial charge in [0.15, 0.2) is 6.10 Å². The van der Waals surface area contributed by atoms with Gasteiger partial charge in [-0.3, -0.25) is 9.59 Å². The standard InChI is InChI=1S/C35H63NO7/c1-6-8-10-11-12-13-14-15-16-17-18-19-20-21-22-24-26-34(38)43-31(30-42-33(37)25-23-9-7-2)29-41-28-27-32(35(39)40)36(3,4)5/h13-14,16-17,31-32H,6-12,15,18-30H2,1-5H3/b14-13-,17-16-. The maximum absolute atomic E-state index is 12.5. The summed E-state index contributed by atoms with van der Waals surface area (Å²) in [5.74, 6) is -1.79. The molecule has 43 heavy (non-hydrogen) atoms. The summed E-state index contributed by atoms with van der Waals surface area (Å²) in [7, 11) is 5.36. The molecule has 2 atom stereocenters. The van der Waals surface area contributed by atoms with Gasteiger partial charge in [0.1, 0.15) is 12.6 Å². The Hall–Kier alpha value is -2.19. The predicted octanol–water partition coefficient (Wildman–Crippen LogP) is 6.46. The normalized spacial score (nSPS) is 13.4. The lowest BCUT2D eigenvalue weighted by Crippen LogP contribution is -2.55. The number of hydrogen-bond donors (Lipinski definition) is 0. The fourth-order valence-corrected chi connectivity index (χ4v) is 4.63. The molecule has 0 saturated carbocycles. The van der Waals surface area contributed by atoms with Crippen LogP contribution in [0.1, 0.15) is 129 Å². The minimum absolute atomic E-state index is 0.0349. The van der Waals surface area contributed by atoms with Gasteiger partial charge in [-0.05, 0) is 44.9 Å². The van der Waals surface area contributed by atoms with E-state index in [-0.39, 0.29) is 42.7 Å². The number of likely N-dealkylation sites (N-methyl/N-ethyl adjacent to an activating group) is 1. The third-order valence-corrected chi connectivity index (χ3v) is 7.34. The summed E-state index contributed by atoms with van der Waals surface area (Å²) in [4.78, 5) is 36.0. The Bertz CT molecular complexity index is 773. The van der Waals surface area contributed by atoms with Crippen molar-refractivity contribution < 1.29 is 38.2 Å². The van der Waals surface area contributed by atoms with Gasteiger partial charge in [-0.15, -0.1) is 0 Å². The van der Waals surface area contributed by atoms with Gasteiger partial charge < -0.3 is 28.6 Å². The molecule has 0 aromatic carbocycles. The van der Waals surface area contributed by atoms with Crippen LogP contribution in [0.3, 0.4) is 0 Å². The minimum atomic E-state index is -1.13. The lowest BCUT2D eigenvalue weighted by molar-refractivity contribution is -0.889. The minimum Gasteiger partial charge on any atom is -0.544 e. The van der Waals surface area contributed by atoms with Crippen molar-refractivity contribution in [2.24, 2.45) is 0 Å². The first-order chi connectivity index (χ1) is 20.6. The molecule has 0 aromatic rings. The van der Waals surface area contributed by atoms with Crippen LogP contribution in [-0.2, 0) is 28.6 Å². The van der Waals surface area contributed by atoms with Gasteiger partial charge in [-0.25, -0.2) is 0 Å². The van der Waals surface area contributed by atoms with E-state index in [1.807, 2.05) is 0 Å². The van der Waals surface area contributed by atoms with Crippen LogP contribution in [0.25, 0.3) is 0 Å². The molecule has 2 unspecified atom stereocenters. The SMILES string of the molecule is CCCCCC/C=C\C/C=C\CCCCCCCC(=O)OC(COCCC(C(=O)[O-])[N+](C)(C)C)COC(=O)CCCCC. The zero-order valence-electron chi connectivity index (χ0n) is 28.1. The molecule has 0 bridgehead atoms. The number of allylic oxidation sites excluding steroid dienone is 4. The zero-order chi connectivity index (χ0) is 32.2. The Balaban J connectivity index is 4.30. The van der Waals surface area contributed by atoms with Gasteiger partial charge in [-0.1, -0.05) is 89.5 Å². The second-order valence-electron chi connectivity index (χ2n) is 12.4. The maximum atomic E-state index is 12.5. The molecule has 8 nitrogen and oxygen atoms in total. The number of carboxylic acids is 1. The van der Waals surface area contributed by atoms with E-state index in [1.165, 1.54) is 32.1 Å². The molecule has 0 aliphatic carbocycles. The van der Waals surface area contributed by atoms with Crippen molar-refractivity contribution in [1.82, 2.24) is 0 Å². The zero-order valence-corrected chi connectivity index (χ0v) is 28.1. The quantitative estimate of drug-likeness (QED) is 0.0415. The van der Waals surface area contributed by atoms with Gasteiger partial charge in [0.25, 0.3) is 0 Å². The molecular weight excluding hydrogens is 546 g/mol. The van der Waals surface area contributed by atoms with Crippen molar-refractivity contribution in [2.45, 2.75) is 142 Å². The molecule has 0 aliphatic rings. The van der Waals surface area contributed by atoms with Crippen LogP contribution in [-0.4, -0.2) is 75.5 Å². The number of carbonyl (C=O) groups is 3. The molecule has 250 valence electrons. The van der Waals surface area contributed by atoms with Crippen molar-refractivity contribution in [3.63, 3.8) is 0 Å². The van der Waals surface area contributed by atoms with Crippen LogP contribution >= 0.6 is 0 Å². The lowest BCUT2D eigenvalue weighted by Gasteiger charge is -2.34. The van der Waals surface area contributed by atoms with E-state index in [2.05, 4.69) is 38.2 Å². The highest BCUT2D eigenvalue weighted by molar-refractivity contribution is 5.70. The van der Waals surface area contributed by atoms with Gasteiger partial charge in [-0.2, -0.15) is 0 Å². The van der Waals surface area contributed by atoms with Crippen LogP contribution in [0.4, 0.5) is 0 Å². The first-order valence-corrected chi connectivity index (χ1v) is 16.9. The molecule has 0 N–H and O–H groups in total. The van der Waals surface area contributed by atoms with Gasteiger partial charge in [0.05, 0.1) is 40.3 Å². The van der Waals surface area contributed by atoms with Gasteiger partial charge >= 0.3 is 11.9 Å². The maximum Gasteiger partial charge on any atom is 0.306 e. The second-order valence-corrected chi connectivity index (χ2v) is 12.4. The molecule has 0 heterocycles. The molecule has 0 amide bonds. The average Bonchev–Trinajstić information content (AvgIpc) is 2.94. The molecule has 0 aromatic heterocycles. The number of esters is 2. The topological polar surface area (TPSA) is 102 Å². The Morgan fingerprint density at radius 3 is 1.84 bits per heavy atom. The number of carbonyl (C=O) groups excluding carboxylic acids is 3. The number of quaternary nitrogens is 1. The van der Waals surface area contributed by atoms with Crippen molar-refractivity contribution in [1.29, 1.82) is 0 Å². The predicted molar refractivity (Wildman–Crippen MR) is 171 cm³/mol. The summed E-state index contributed by atoms with van der Waals surface area (Å²) in [6.45, 7) is 4.43. The molecule has 0 radical (unpaired) electrons. The number of nitrogens with zero attached hydrogens (tertiary/aromatic N) is 1. The fraction of sp³-hybridized carbons (Fsp3) is 0.800. The number of rotatable bonds is 29. The molecule has 8 heteroatoms. The van der Waals surface area contributed by atoms with E-state index in [0.29, 0.717) is 12.8 Å². The van der Waals surface area contributed by atoms with E-state index in [0.717, 1.165) is 64.2 Å². The summed E-state index contributed by atoms with van der Waals surface area (Å²) in [6.07, 6.45) is 25.6. The van der Waals surface area contributed by atoms with Crippen LogP contribution in [0, 0.1) is 0 Å². The van der Waals surface area contributed by atoms with E-state index in [9.17, 15) is 19.5 Å². The smallest absolute Gasteiger partial charge is 0.306 e. The third kappa shape index (κ3) is 26.0. The number of unbranched alkanes of at least 4 members (excludes halogenated alkanes) is 11. The summed E-state index contributed by atoms with van der Waals surface area (Å²) >= 11 is 0. The van der Waals surface area contributed by atoms with E-state index < -0.39 is 18.1 Å². The highest BCUT2D eigenvalue weighted by Crippen LogP contribution is 2.11. The van der Waals surface area contributed by atoms with E-state index in [1.54, 1.807) is 21.1 Å². The molecule has 0 saturated heterocycles. The Kier molecular flexibility index (Phi) is 26.0. The third-order valence-electron chi connectivity index (χ3n) is 7.34. The number of ether oxygens (including phenoxy) is 3. The molecular formula is C35H63NO7. The Labute approximate surface area is 262 Å². The van der Waals surface area contributed by atoms with Gasteiger partial charge in [0.2, 0.25) is 0 Å². The summed E-state index contributed by atoms with van der Waals surface area (Å²) in [5, 5.41) is 11.5. The molecule has 0 spiro atoms. The summed E-state index contributed by atoms with van der Waals surface area (Å²) < 4.78 is 16.8. The van der Waals surface area contributed by atoms with Crippen molar-refractivity contribution in [3.05, 3.63) is 24.3 Å². The highest BCUT2D eigenvalue weighted by Gasteiger charge is 2.25. The Morgan fingerprint density at radius 2 is 1.23 bits per heavy atom. The van der Waals surface area contributed by atoms with Crippen LogP contribution in [0.5, 0.6) is 0 Å². The van der Waals surface area contributed by atoms with E-state index >= 15 is 0 Å². The second kappa shape index (κ2) is 27.4. The first kappa shape index (κ1) is 40.8. The van der Waals surface area contributed by atoms with Crippen molar-refractivity contribution in [2.75, 3.05) is 41.0 Å². The number of aliphatic carboxylic acids is 1. The van der Waals surface area contributed by atoms with Crippen LogP contribution < -0.4 is 5.11 Å². The van der Waals surface area contributed by atoms with Crippen molar-refractivity contribution >= 4 is 17.9 Å². The largest absolute Gasteiger partial charge is 0.544 e. The highest BCUT2D eigenvalue weighted by atomic mass is 16.6. The monoisotopic (exact) mass is 609 g/mol. The number of hydrogen-bond acceptors (Lipinski definition) is 7. The molecule has 0 fully saturated rings. The lowest BCUT2D eigenvalue weighted by atomic mass is 10.1. The van der Waals surface area contributed by atoms with Crippen LogP contribution in [0.2, 0.25) is 0 Å². The van der Waals surface area contributed by atoms with Gasteiger partial charge in [0, 0.05) is 19.3 Å². The summed E-state index contributed by atoms with van der Waals surface area (Å²) in [5.41, 5.74) is 0. The van der Waals surface area contributed by atoms with E-state index in [4.69, 9.17) is 14.2 Å². The fourth-order valence-electron chi connectivity index (χ4n) is 4.63. The Morgan fingerprint density at radius 1 is 0.698 bits per heavy atom. The first-order valence-electron chi connectivity index (χ1n) is 16.9. The molecule has 0 rings (SSSR count). The number of carboxylic acid groups (broad SMARTS) is 1. The molecule has 0 aliphatic heterocycles.